The predicted octanol–water partition coefficient (Wildman–Crippen LogP) is 3.68. The quantitative estimate of drug-likeness (QED) is 0.558. The summed E-state index contributed by atoms with van der Waals surface area (Å²) in [6.45, 7) is 2.86. The molecule has 1 N–H and O–H groups in total. The summed E-state index contributed by atoms with van der Waals surface area (Å²) in [5.74, 6) is 1.02. The van der Waals surface area contributed by atoms with Crippen molar-refractivity contribution in [1.29, 1.82) is 0 Å². The molecule has 28 heavy (non-hydrogen) atoms. The Morgan fingerprint density at radius 3 is 2.75 bits per heavy atom. The second-order valence-corrected chi connectivity index (χ2v) is 6.24. The van der Waals surface area contributed by atoms with Gasteiger partial charge in [0.05, 0.1) is 0 Å². The zero-order valence-corrected chi connectivity index (χ0v) is 15.4. The van der Waals surface area contributed by atoms with E-state index >= 15 is 0 Å². The van der Waals surface area contributed by atoms with Crippen molar-refractivity contribution in [3.63, 3.8) is 0 Å². The minimum Gasteiger partial charge on any atom is -0.486 e. The van der Waals surface area contributed by atoms with E-state index in [9.17, 15) is 4.79 Å². The summed E-state index contributed by atoms with van der Waals surface area (Å²) in [7, 11) is 0. The van der Waals surface area contributed by atoms with Gasteiger partial charge in [0.2, 0.25) is 0 Å². The molecule has 0 spiro atoms. The molecule has 7 heteroatoms. The number of tetrazole rings is 1. The molecule has 1 amide bonds. The fourth-order valence-corrected chi connectivity index (χ4v) is 2.92. The number of carbonyl (C=O) groups is 1. The monoisotopic (exact) mass is 373 g/mol. The largest absolute Gasteiger partial charge is 0.486 e. The van der Waals surface area contributed by atoms with Crippen LogP contribution in [0.15, 0.2) is 66.7 Å². The molecule has 4 aromatic rings. The van der Waals surface area contributed by atoms with Crippen LogP contribution in [0, 0.1) is 0 Å². The molecule has 0 aliphatic rings. The summed E-state index contributed by atoms with van der Waals surface area (Å²) in [4.78, 5) is 12.6. The first-order valence-electron chi connectivity index (χ1n) is 9.01. The number of carbonyl (C=O) groups excluding carboxylic acids is 1. The third-order valence-electron chi connectivity index (χ3n) is 4.38. The van der Waals surface area contributed by atoms with Crippen molar-refractivity contribution in [1.82, 2.24) is 20.2 Å². The highest BCUT2D eigenvalue weighted by Gasteiger charge is 2.09. The highest BCUT2D eigenvalue weighted by Crippen LogP contribution is 2.20. The van der Waals surface area contributed by atoms with Crippen molar-refractivity contribution >= 4 is 22.4 Å². The summed E-state index contributed by atoms with van der Waals surface area (Å²) in [5, 5.41) is 16.6. The van der Waals surface area contributed by atoms with Gasteiger partial charge in [0, 0.05) is 17.8 Å². The van der Waals surface area contributed by atoms with E-state index in [1.54, 1.807) is 28.9 Å². The molecule has 1 aromatic heterocycles. The highest BCUT2D eigenvalue weighted by molar-refractivity contribution is 6.05. The van der Waals surface area contributed by atoms with Crippen molar-refractivity contribution < 1.29 is 9.53 Å². The van der Waals surface area contributed by atoms with Crippen LogP contribution in [0.5, 0.6) is 5.75 Å². The number of rotatable bonds is 6. The van der Waals surface area contributed by atoms with Crippen LogP contribution in [0.1, 0.15) is 23.1 Å². The molecule has 0 atom stereocenters. The van der Waals surface area contributed by atoms with Gasteiger partial charge in [0.25, 0.3) is 5.91 Å². The number of fused-ring (bicyclic) bond motifs is 1. The maximum absolute atomic E-state index is 12.6. The zero-order valence-electron chi connectivity index (χ0n) is 15.4. The third kappa shape index (κ3) is 3.83. The average molecular weight is 373 g/mol. The van der Waals surface area contributed by atoms with Crippen LogP contribution >= 0.6 is 0 Å². The van der Waals surface area contributed by atoms with E-state index in [0.29, 0.717) is 23.7 Å². The Morgan fingerprint density at radius 2 is 1.89 bits per heavy atom. The molecule has 0 saturated heterocycles. The van der Waals surface area contributed by atoms with Crippen LogP contribution in [0.3, 0.4) is 0 Å². The molecule has 0 aliphatic heterocycles. The first-order chi connectivity index (χ1) is 13.7. The van der Waals surface area contributed by atoms with E-state index in [-0.39, 0.29) is 12.5 Å². The van der Waals surface area contributed by atoms with Gasteiger partial charge in [-0.1, -0.05) is 36.4 Å². The van der Waals surface area contributed by atoms with Crippen LogP contribution < -0.4 is 10.1 Å². The van der Waals surface area contributed by atoms with E-state index < -0.39 is 0 Å². The predicted molar refractivity (Wildman–Crippen MR) is 106 cm³/mol. The maximum Gasteiger partial charge on any atom is 0.255 e. The number of amides is 1. The molecule has 0 saturated carbocycles. The topological polar surface area (TPSA) is 81.9 Å². The van der Waals surface area contributed by atoms with Gasteiger partial charge in [0.15, 0.2) is 5.82 Å². The fraction of sp³-hybridized carbons (Fsp3) is 0.143. The molecule has 0 aliphatic carbocycles. The Bertz CT molecular complexity index is 1120. The first-order valence-corrected chi connectivity index (χ1v) is 9.01. The Kier molecular flexibility index (Phi) is 4.97. The number of nitrogens with one attached hydrogen (secondary N) is 1. The minimum atomic E-state index is -0.195. The van der Waals surface area contributed by atoms with Crippen LogP contribution in [0.4, 0.5) is 5.69 Å². The SMILES string of the molecule is CCn1nnnc1COc1cccc(C(=O)Nc2ccc3ccccc3c2)c1. The molecule has 0 fully saturated rings. The van der Waals surface area contributed by atoms with Crippen molar-refractivity contribution in [3.05, 3.63) is 78.1 Å². The maximum atomic E-state index is 12.6. The standard InChI is InChI=1S/C21H19N5O2/c1-2-26-20(23-24-25-26)14-28-19-9-5-8-17(13-19)21(27)22-18-11-10-15-6-3-4-7-16(15)12-18/h3-13H,2,14H2,1H3,(H,22,27). The van der Waals surface area contributed by atoms with Crippen LogP contribution in [-0.2, 0) is 13.2 Å². The third-order valence-corrected chi connectivity index (χ3v) is 4.38. The second-order valence-electron chi connectivity index (χ2n) is 6.24. The average Bonchev–Trinajstić information content (AvgIpc) is 3.20. The molecule has 7 nitrogen and oxygen atoms in total. The number of ether oxygens (including phenoxy) is 1. The van der Waals surface area contributed by atoms with E-state index in [1.807, 2.05) is 49.4 Å². The van der Waals surface area contributed by atoms with E-state index in [2.05, 4.69) is 20.8 Å². The number of anilines is 1. The number of aryl methyl sites for hydroxylation is 1. The van der Waals surface area contributed by atoms with E-state index in [0.717, 1.165) is 16.5 Å². The fourth-order valence-electron chi connectivity index (χ4n) is 2.92. The van der Waals surface area contributed by atoms with E-state index in [1.165, 1.54) is 0 Å². The summed E-state index contributed by atoms with van der Waals surface area (Å²) in [5.41, 5.74) is 1.26. The lowest BCUT2D eigenvalue weighted by molar-refractivity contribution is 0.102. The van der Waals surface area contributed by atoms with Gasteiger partial charge in [0.1, 0.15) is 12.4 Å². The lowest BCUT2D eigenvalue weighted by atomic mass is 10.1. The van der Waals surface area contributed by atoms with Gasteiger partial charge < -0.3 is 10.1 Å². The summed E-state index contributed by atoms with van der Waals surface area (Å²) >= 11 is 0. The van der Waals surface area contributed by atoms with Gasteiger partial charge in [-0.3, -0.25) is 4.79 Å². The van der Waals surface area contributed by atoms with Gasteiger partial charge in [-0.25, -0.2) is 4.68 Å². The number of nitrogens with zero attached hydrogens (tertiary/aromatic N) is 4. The lowest BCUT2D eigenvalue weighted by Gasteiger charge is -2.09. The smallest absolute Gasteiger partial charge is 0.255 e. The Hall–Kier alpha value is -3.74. The van der Waals surface area contributed by atoms with E-state index in [4.69, 9.17) is 4.74 Å². The lowest BCUT2D eigenvalue weighted by Crippen LogP contribution is -2.12. The number of hydrogen-bond donors (Lipinski definition) is 1. The Balaban J connectivity index is 1.46. The molecular weight excluding hydrogens is 354 g/mol. The molecular formula is C21H19N5O2. The van der Waals surface area contributed by atoms with Gasteiger partial charge in [-0.15, -0.1) is 5.10 Å². The van der Waals surface area contributed by atoms with Gasteiger partial charge >= 0.3 is 0 Å². The Morgan fingerprint density at radius 1 is 1.04 bits per heavy atom. The summed E-state index contributed by atoms with van der Waals surface area (Å²) < 4.78 is 7.41. The number of hydrogen-bond acceptors (Lipinski definition) is 5. The molecule has 0 bridgehead atoms. The molecule has 0 unspecified atom stereocenters. The van der Waals surface area contributed by atoms with Crippen molar-refractivity contribution in [2.24, 2.45) is 0 Å². The second kappa shape index (κ2) is 7.87. The normalized spacial score (nSPS) is 10.8. The molecule has 1 heterocycles. The first kappa shape index (κ1) is 17.7. The van der Waals surface area contributed by atoms with Crippen molar-refractivity contribution in [3.8, 4) is 5.75 Å². The molecule has 4 rings (SSSR count). The van der Waals surface area contributed by atoms with Crippen molar-refractivity contribution in [2.75, 3.05) is 5.32 Å². The number of aromatic nitrogens is 4. The summed E-state index contributed by atoms with van der Waals surface area (Å²) in [6.07, 6.45) is 0. The van der Waals surface area contributed by atoms with Crippen LogP contribution in [-0.4, -0.2) is 26.1 Å². The van der Waals surface area contributed by atoms with Crippen LogP contribution in [0.25, 0.3) is 10.8 Å². The zero-order chi connectivity index (χ0) is 19.3. The summed E-state index contributed by atoms with van der Waals surface area (Å²) in [6, 6.07) is 20.9. The highest BCUT2D eigenvalue weighted by atomic mass is 16.5. The van der Waals surface area contributed by atoms with Crippen molar-refractivity contribution in [2.45, 2.75) is 20.1 Å². The number of benzene rings is 3. The minimum absolute atomic E-state index is 0.195. The van der Waals surface area contributed by atoms with Gasteiger partial charge in [-0.05, 0) is 58.5 Å². The molecule has 3 aromatic carbocycles. The molecule has 140 valence electrons. The Labute approximate surface area is 161 Å². The molecule has 0 radical (unpaired) electrons. The van der Waals surface area contributed by atoms with Gasteiger partial charge in [-0.2, -0.15) is 0 Å². The van der Waals surface area contributed by atoms with Crippen LogP contribution in [0.2, 0.25) is 0 Å².